The van der Waals surface area contributed by atoms with Crippen LogP contribution in [0.5, 0.6) is 0 Å². The second-order valence-electron chi connectivity index (χ2n) is 4.73. The number of thiophene rings is 1. The molecule has 102 valence electrons. The first-order chi connectivity index (χ1) is 9.26. The van der Waals surface area contributed by atoms with E-state index in [0.717, 1.165) is 19.5 Å². The number of aryl methyl sites for hydroxylation is 2. The molecule has 1 aromatic heterocycles. The first kappa shape index (κ1) is 14.1. The normalized spacial score (nSPS) is 10.7. The van der Waals surface area contributed by atoms with E-state index in [9.17, 15) is 0 Å². The number of hydrogen-bond acceptors (Lipinski definition) is 3. The van der Waals surface area contributed by atoms with Crippen molar-refractivity contribution in [3.63, 3.8) is 0 Å². The Hall–Kier alpha value is -1.32. The fourth-order valence-electron chi connectivity index (χ4n) is 2.47. The maximum Gasteiger partial charge on any atom is 0.0523 e. The van der Waals surface area contributed by atoms with Crippen molar-refractivity contribution >= 4 is 17.0 Å². The minimum Gasteiger partial charge on any atom is -0.365 e. The van der Waals surface area contributed by atoms with Gasteiger partial charge in [0, 0.05) is 23.7 Å². The lowest BCUT2D eigenvalue weighted by atomic mass is 10.0. The Morgan fingerprint density at radius 2 is 2.05 bits per heavy atom. The molecule has 0 atom stereocenters. The summed E-state index contributed by atoms with van der Waals surface area (Å²) in [7, 11) is 0. The predicted molar refractivity (Wildman–Crippen MR) is 85.0 cm³/mol. The molecular weight excluding hydrogens is 252 g/mol. The summed E-state index contributed by atoms with van der Waals surface area (Å²) in [6.07, 6.45) is 1.06. The van der Waals surface area contributed by atoms with E-state index in [1.807, 2.05) is 11.3 Å². The molecule has 1 heterocycles. The van der Waals surface area contributed by atoms with Gasteiger partial charge >= 0.3 is 0 Å². The summed E-state index contributed by atoms with van der Waals surface area (Å²) in [6.45, 7) is 6.93. The van der Waals surface area contributed by atoms with Crippen LogP contribution in [0, 0.1) is 6.92 Å². The van der Waals surface area contributed by atoms with Crippen molar-refractivity contribution in [3.8, 4) is 0 Å². The highest BCUT2D eigenvalue weighted by molar-refractivity contribution is 7.09. The van der Waals surface area contributed by atoms with Gasteiger partial charge in [0.15, 0.2) is 0 Å². The van der Waals surface area contributed by atoms with Crippen molar-refractivity contribution in [2.45, 2.75) is 26.8 Å². The van der Waals surface area contributed by atoms with Crippen molar-refractivity contribution in [2.24, 2.45) is 5.73 Å². The first-order valence-electron chi connectivity index (χ1n) is 6.82. The van der Waals surface area contributed by atoms with Crippen LogP contribution in [0.4, 0.5) is 5.69 Å². The van der Waals surface area contributed by atoms with E-state index in [-0.39, 0.29) is 0 Å². The zero-order valence-corrected chi connectivity index (χ0v) is 12.5. The van der Waals surface area contributed by atoms with Gasteiger partial charge in [0.2, 0.25) is 0 Å². The molecule has 0 aliphatic rings. The van der Waals surface area contributed by atoms with E-state index >= 15 is 0 Å². The molecule has 1 aromatic carbocycles. The monoisotopic (exact) mass is 274 g/mol. The van der Waals surface area contributed by atoms with E-state index < -0.39 is 0 Å². The summed E-state index contributed by atoms with van der Waals surface area (Å²) in [4.78, 5) is 3.80. The summed E-state index contributed by atoms with van der Waals surface area (Å²) < 4.78 is 0. The maximum atomic E-state index is 5.80. The van der Waals surface area contributed by atoms with E-state index in [1.165, 1.54) is 21.7 Å². The van der Waals surface area contributed by atoms with Crippen LogP contribution in [-0.2, 0) is 13.0 Å². The molecular formula is C16H22N2S. The molecule has 0 aliphatic carbocycles. The number of anilines is 1. The van der Waals surface area contributed by atoms with Gasteiger partial charge < -0.3 is 10.6 Å². The molecule has 0 unspecified atom stereocenters. The Bertz CT molecular complexity index is 505. The summed E-state index contributed by atoms with van der Waals surface area (Å²) in [5.41, 5.74) is 9.91. The third kappa shape index (κ3) is 3.37. The van der Waals surface area contributed by atoms with Crippen molar-refractivity contribution in [1.29, 1.82) is 0 Å². The third-order valence-corrected chi connectivity index (χ3v) is 4.21. The van der Waals surface area contributed by atoms with Crippen LogP contribution in [-0.4, -0.2) is 13.1 Å². The lowest BCUT2D eigenvalue weighted by Crippen LogP contribution is -2.30. The Morgan fingerprint density at radius 1 is 1.21 bits per heavy atom. The number of hydrogen-bond donors (Lipinski definition) is 1. The SMILES string of the molecule is CCc1cccc(C)c1N(CCN)Cc1cccs1. The quantitative estimate of drug-likeness (QED) is 0.872. The lowest BCUT2D eigenvalue weighted by Gasteiger charge is -2.28. The summed E-state index contributed by atoms with van der Waals surface area (Å²) in [5, 5.41) is 2.13. The van der Waals surface area contributed by atoms with Gasteiger partial charge in [-0.2, -0.15) is 0 Å². The van der Waals surface area contributed by atoms with Crippen molar-refractivity contribution in [2.75, 3.05) is 18.0 Å². The van der Waals surface area contributed by atoms with E-state index in [4.69, 9.17) is 5.73 Å². The van der Waals surface area contributed by atoms with Crippen LogP contribution in [0.15, 0.2) is 35.7 Å². The molecule has 0 saturated carbocycles. The van der Waals surface area contributed by atoms with E-state index in [0.29, 0.717) is 6.54 Å². The molecule has 0 saturated heterocycles. The molecule has 0 aliphatic heterocycles. The minimum atomic E-state index is 0.683. The fraction of sp³-hybridized carbons (Fsp3) is 0.375. The van der Waals surface area contributed by atoms with Crippen LogP contribution in [0.1, 0.15) is 22.9 Å². The average Bonchev–Trinajstić information content (AvgIpc) is 2.91. The molecule has 0 radical (unpaired) electrons. The van der Waals surface area contributed by atoms with Crippen LogP contribution in [0.25, 0.3) is 0 Å². The molecule has 0 amide bonds. The predicted octanol–water partition coefficient (Wildman–Crippen LogP) is 3.58. The van der Waals surface area contributed by atoms with Gasteiger partial charge in [-0.15, -0.1) is 11.3 Å². The number of para-hydroxylation sites is 1. The molecule has 19 heavy (non-hydrogen) atoms. The maximum absolute atomic E-state index is 5.80. The van der Waals surface area contributed by atoms with Crippen LogP contribution < -0.4 is 10.6 Å². The zero-order valence-electron chi connectivity index (χ0n) is 11.7. The molecule has 2 nitrogen and oxygen atoms in total. The highest BCUT2D eigenvalue weighted by atomic mass is 32.1. The molecule has 2 rings (SSSR count). The molecule has 0 fully saturated rings. The minimum absolute atomic E-state index is 0.683. The van der Waals surface area contributed by atoms with Crippen LogP contribution in [0.2, 0.25) is 0 Å². The van der Waals surface area contributed by atoms with Gasteiger partial charge in [-0.1, -0.05) is 31.2 Å². The Morgan fingerprint density at radius 3 is 2.68 bits per heavy atom. The molecule has 0 bridgehead atoms. The summed E-state index contributed by atoms with van der Waals surface area (Å²) in [6, 6.07) is 10.9. The molecule has 2 N–H and O–H groups in total. The van der Waals surface area contributed by atoms with Crippen molar-refractivity contribution in [3.05, 3.63) is 51.7 Å². The Labute approximate surface area is 119 Å². The number of benzene rings is 1. The first-order valence-corrected chi connectivity index (χ1v) is 7.70. The number of nitrogens with two attached hydrogens (primary N) is 1. The van der Waals surface area contributed by atoms with Gasteiger partial charge in [0.1, 0.15) is 0 Å². The fourth-order valence-corrected chi connectivity index (χ4v) is 3.19. The second-order valence-corrected chi connectivity index (χ2v) is 5.76. The smallest absolute Gasteiger partial charge is 0.0523 e. The zero-order chi connectivity index (χ0) is 13.7. The highest BCUT2D eigenvalue weighted by Gasteiger charge is 2.13. The standard InChI is InChI=1S/C16H22N2S/c1-3-14-7-4-6-13(2)16(14)18(10-9-17)12-15-8-5-11-19-15/h4-8,11H,3,9-10,12,17H2,1-2H3. The van der Waals surface area contributed by atoms with Crippen molar-refractivity contribution < 1.29 is 0 Å². The lowest BCUT2D eigenvalue weighted by molar-refractivity contribution is 0.788. The average molecular weight is 274 g/mol. The van der Waals surface area contributed by atoms with Crippen molar-refractivity contribution in [1.82, 2.24) is 0 Å². The van der Waals surface area contributed by atoms with Crippen LogP contribution >= 0.6 is 11.3 Å². The third-order valence-electron chi connectivity index (χ3n) is 3.34. The molecule has 0 spiro atoms. The Balaban J connectivity index is 2.33. The highest BCUT2D eigenvalue weighted by Crippen LogP contribution is 2.27. The second kappa shape index (κ2) is 6.73. The van der Waals surface area contributed by atoms with Crippen LogP contribution in [0.3, 0.4) is 0 Å². The summed E-state index contributed by atoms with van der Waals surface area (Å²) >= 11 is 1.81. The largest absolute Gasteiger partial charge is 0.365 e. The molecule has 3 heteroatoms. The van der Waals surface area contributed by atoms with Gasteiger partial charge in [0.25, 0.3) is 0 Å². The Kier molecular flexibility index (Phi) is 5.00. The number of nitrogens with zero attached hydrogens (tertiary/aromatic N) is 1. The van der Waals surface area contributed by atoms with E-state index in [1.54, 1.807) is 0 Å². The van der Waals surface area contributed by atoms with Gasteiger partial charge in [-0.05, 0) is 35.9 Å². The van der Waals surface area contributed by atoms with E-state index in [2.05, 4.69) is 54.5 Å². The number of rotatable bonds is 6. The summed E-state index contributed by atoms with van der Waals surface area (Å²) in [5.74, 6) is 0. The molecule has 2 aromatic rings. The topological polar surface area (TPSA) is 29.3 Å². The van der Waals surface area contributed by atoms with Gasteiger partial charge in [0.05, 0.1) is 6.54 Å². The van der Waals surface area contributed by atoms with Gasteiger partial charge in [-0.25, -0.2) is 0 Å². The van der Waals surface area contributed by atoms with Gasteiger partial charge in [-0.3, -0.25) is 0 Å².